The van der Waals surface area contributed by atoms with Crippen LogP contribution in [-0.2, 0) is 27.1 Å². The molecule has 0 fully saturated rings. The number of carbonyl (C=O) groups is 2. The van der Waals surface area contributed by atoms with Gasteiger partial charge in [0, 0.05) is 13.0 Å². The van der Waals surface area contributed by atoms with Crippen molar-refractivity contribution < 1.29 is 19.1 Å². The molecule has 1 N–H and O–H groups in total. The zero-order valence-electron chi connectivity index (χ0n) is 13.8. The van der Waals surface area contributed by atoms with E-state index >= 15 is 0 Å². The van der Waals surface area contributed by atoms with Gasteiger partial charge in [0.25, 0.3) is 0 Å². The Labute approximate surface area is 132 Å². The minimum atomic E-state index is -0.488. The van der Waals surface area contributed by atoms with Gasteiger partial charge in [0.1, 0.15) is 5.60 Å². The molecule has 0 radical (unpaired) electrons. The molecule has 0 aliphatic rings. The lowest BCUT2D eigenvalue weighted by Crippen LogP contribution is -2.33. The van der Waals surface area contributed by atoms with E-state index in [0.29, 0.717) is 25.8 Å². The summed E-state index contributed by atoms with van der Waals surface area (Å²) in [5, 5.41) is 2.73. The quantitative estimate of drug-likeness (QED) is 0.821. The van der Waals surface area contributed by atoms with Gasteiger partial charge in [-0.2, -0.15) is 0 Å². The molecule has 0 heterocycles. The first kappa shape index (κ1) is 18.0. The average molecular weight is 307 g/mol. The fraction of sp³-hybridized carbons (Fsp3) is 0.529. The van der Waals surface area contributed by atoms with Gasteiger partial charge < -0.3 is 14.8 Å². The van der Waals surface area contributed by atoms with Crippen molar-refractivity contribution in [3.8, 4) is 0 Å². The Morgan fingerprint density at radius 3 is 2.36 bits per heavy atom. The van der Waals surface area contributed by atoms with E-state index in [1.165, 1.54) is 7.11 Å². The number of carbonyl (C=O) groups excluding carboxylic acids is 2. The second-order valence-electron chi connectivity index (χ2n) is 6.07. The van der Waals surface area contributed by atoms with E-state index in [2.05, 4.69) is 10.1 Å². The van der Waals surface area contributed by atoms with Crippen molar-refractivity contribution in [1.29, 1.82) is 0 Å². The molecule has 1 rings (SSSR count). The second kappa shape index (κ2) is 8.41. The lowest BCUT2D eigenvalue weighted by molar-refractivity contribution is -0.140. The van der Waals surface area contributed by atoms with Crippen LogP contribution in [0.25, 0.3) is 0 Å². The number of alkyl carbamates (subject to hydrolysis) is 1. The van der Waals surface area contributed by atoms with Crippen molar-refractivity contribution in [3.05, 3.63) is 35.4 Å². The normalized spacial score (nSPS) is 10.9. The lowest BCUT2D eigenvalue weighted by Gasteiger charge is -2.19. The van der Waals surface area contributed by atoms with Crippen molar-refractivity contribution in [2.75, 3.05) is 13.7 Å². The Morgan fingerprint density at radius 1 is 1.14 bits per heavy atom. The van der Waals surface area contributed by atoms with Crippen LogP contribution in [0.15, 0.2) is 24.3 Å². The zero-order valence-corrected chi connectivity index (χ0v) is 13.8. The maximum absolute atomic E-state index is 11.5. The summed E-state index contributed by atoms with van der Waals surface area (Å²) < 4.78 is 9.81. The highest BCUT2D eigenvalue weighted by molar-refractivity contribution is 5.69. The van der Waals surface area contributed by atoms with E-state index in [1.807, 2.05) is 45.0 Å². The van der Waals surface area contributed by atoms with Crippen LogP contribution < -0.4 is 5.32 Å². The largest absolute Gasteiger partial charge is 0.469 e. The molecule has 22 heavy (non-hydrogen) atoms. The predicted molar refractivity (Wildman–Crippen MR) is 84.7 cm³/mol. The van der Waals surface area contributed by atoms with Gasteiger partial charge in [0.2, 0.25) is 0 Å². The summed E-state index contributed by atoms with van der Waals surface area (Å²) in [6.07, 6.45) is 1.33. The monoisotopic (exact) mass is 307 g/mol. The van der Waals surface area contributed by atoms with Crippen molar-refractivity contribution in [2.45, 2.75) is 45.6 Å². The highest BCUT2D eigenvalue weighted by Gasteiger charge is 2.15. The summed E-state index contributed by atoms with van der Waals surface area (Å²) in [7, 11) is 1.39. The summed E-state index contributed by atoms with van der Waals surface area (Å²) >= 11 is 0. The van der Waals surface area contributed by atoms with E-state index in [0.717, 1.165) is 11.1 Å². The van der Waals surface area contributed by atoms with Crippen LogP contribution in [0.5, 0.6) is 0 Å². The van der Waals surface area contributed by atoms with Gasteiger partial charge in [-0.05, 0) is 44.7 Å². The molecule has 1 aromatic rings. The standard InChI is InChI=1S/C17H25NO4/c1-17(2,3)22-16(20)18-11-10-14-7-5-6-13(12-14)8-9-15(19)21-4/h5-7,12H,8-11H2,1-4H3,(H,18,20). The van der Waals surface area contributed by atoms with Gasteiger partial charge in [-0.3, -0.25) is 4.79 Å². The first-order valence-electron chi connectivity index (χ1n) is 7.41. The molecule has 0 spiro atoms. The Bertz CT molecular complexity index is 506. The SMILES string of the molecule is COC(=O)CCc1cccc(CCNC(=O)OC(C)(C)C)c1. The minimum absolute atomic E-state index is 0.211. The summed E-state index contributed by atoms with van der Waals surface area (Å²) in [5.74, 6) is -0.211. The van der Waals surface area contributed by atoms with E-state index in [9.17, 15) is 9.59 Å². The molecule has 1 aromatic carbocycles. The molecule has 0 bridgehead atoms. The molecule has 122 valence electrons. The van der Waals surface area contributed by atoms with Crippen LogP contribution in [0.4, 0.5) is 4.79 Å². The average Bonchev–Trinajstić information content (AvgIpc) is 2.43. The van der Waals surface area contributed by atoms with Crippen LogP contribution >= 0.6 is 0 Å². The van der Waals surface area contributed by atoms with Crippen LogP contribution in [0, 0.1) is 0 Å². The highest BCUT2D eigenvalue weighted by Crippen LogP contribution is 2.09. The number of benzene rings is 1. The van der Waals surface area contributed by atoms with Gasteiger partial charge in [0.15, 0.2) is 0 Å². The molecule has 1 amide bonds. The van der Waals surface area contributed by atoms with Crippen molar-refractivity contribution in [2.24, 2.45) is 0 Å². The minimum Gasteiger partial charge on any atom is -0.469 e. The zero-order chi connectivity index (χ0) is 16.6. The number of ether oxygens (including phenoxy) is 2. The number of aryl methyl sites for hydroxylation is 1. The highest BCUT2D eigenvalue weighted by atomic mass is 16.6. The summed E-state index contributed by atoms with van der Waals surface area (Å²) in [6, 6.07) is 7.97. The Kier molecular flexibility index (Phi) is 6.89. The number of rotatable bonds is 6. The molecule has 0 saturated carbocycles. The maximum atomic E-state index is 11.5. The number of hydrogen-bond acceptors (Lipinski definition) is 4. The molecular weight excluding hydrogens is 282 g/mol. The van der Waals surface area contributed by atoms with Gasteiger partial charge in [-0.25, -0.2) is 4.79 Å². The molecule has 0 unspecified atom stereocenters. The van der Waals surface area contributed by atoms with Crippen LogP contribution in [0.3, 0.4) is 0 Å². The number of esters is 1. The summed E-state index contributed by atoms with van der Waals surface area (Å²) in [4.78, 5) is 22.7. The predicted octanol–water partition coefficient (Wildman–Crippen LogP) is 2.86. The molecule has 0 saturated heterocycles. The fourth-order valence-electron chi connectivity index (χ4n) is 1.91. The molecule has 5 nitrogen and oxygen atoms in total. The Hall–Kier alpha value is -2.04. The molecule has 0 aliphatic carbocycles. The van der Waals surface area contributed by atoms with Gasteiger partial charge in [0.05, 0.1) is 7.11 Å². The lowest BCUT2D eigenvalue weighted by atomic mass is 10.0. The first-order valence-corrected chi connectivity index (χ1v) is 7.41. The number of methoxy groups -OCH3 is 1. The first-order chi connectivity index (χ1) is 10.3. The summed E-state index contributed by atoms with van der Waals surface area (Å²) in [6.45, 7) is 6.00. The molecule has 0 aliphatic heterocycles. The third kappa shape index (κ3) is 7.67. The van der Waals surface area contributed by atoms with E-state index in [1.54, 1.807) is 0 Å². The van der Waals surface area contributed by atoms with Gasteiger partial charge in [-0.15, -0.1) is 0 Å². The number of amides is 1. The topological polar surface area (TPSA) is 64.6 Å². The van der Waals surface area contributed by atoms with Crippen molar-refractivity contribution >= 4 is 12.1 Å². The van der Waals surface area contributed by atoms with Gasteiger partial charge in [-0.1, -0.05) is 24.3 Å². The smallest absolute Gasteiger partial charge is 0.407 e. The second-order valence-corrected chi connectivity index (χ2v) is 6.07. The van der Waals surface area contributed by atoms with Crippen molar-refractivity contribution in [3.63, 3.8) is 0 Å². The number of hydrogen-bond donors (Lipinski definition) is 1. The fourth-order valence-corrected chi connectivity index (χ4v) is 1.91. The summed E-state index contributed by atoms with van der Waals surface area (Å²) in [5.41, 5.74) is 1.70. The maximum Gasteiger partial charge on any atom is 0.407 e. The third-order valence-corrected chi connectivity index (χ3v) is 2.92. The molecular formula is C17H25NO4. The van der Waals surface area contributed by atoms with Crippen LogP contribution in [-0.4, -0.2) is 31.3 Å². The number of nitrogens with one attached hydrogen (secondary N) is 1. The van der Waals surface area contributed by atoms with Gasteiger partial charge >= 0.3 is 12.1 Å². The van der Waals surface area contributed by atoms with E-state index in [-0.39, 0.29) is 5.97 Å². The van der Waals surface area contributed by atoms with Crippen LogP contribution in [0.1, 0.15) is 38.3 Å². The Balaban J connectivity index is 2.40. The van der Waals surface area contributed by atoms with E-state index < -0.39 is 11.7 Å². The van der Waals surface area contributed by atoms with Crippen molar-refractivity contribution in [1.82, 2.24) is 5.32 Å². The Morgan fingerprint density at radius 2 is 1.77 bits per heavy atom. The van der Waals surface area contributed by atoms with Crippen LogP contribution in [0.2, 0.25) is 0 Å². The van der Waals surface area contributed by atoms with E-state index in [4.69, 9.17) is 4.74 Å². The third-order valence-electron chi connectivity index (χ3n) is 2.92. The molecule has 5 heteroatoms. The molecule has 0 atom stereocenters. The molecule has 0 aromatic heterocycles.